The maximum Gasteiger partial charge on any atom is 0.171 e. The van der Waals surface area contributed by atoms with Gasteiger partial charge in [-0.05, 0) is 25.1 Å². The van der Waals surface area contributed by atoms with Gasteiger partial charge in [-0.3, -0.25) is 0 Å². The fourth-order valence-electron chi connectivity index (χ4n) is 1.26. The van der Waals surface area contributed by atoms with Crippen molar-refractivity contribution in [2.24, 2.45) is 0 Å². The molecule has 1 aromatic heterocycles. The van der Waals surface area contributed by atoms with E-state index in [9.17, 15) is 5.11 Å². The van der Waals surface area contributed by atoms with Crippen molar-refractivity contribution >= 4 is 22.5 Å². The van der Waals surface area contributed by atoms with Gasteiger partial charge in [-0.25, -0.2) is 4.98 Å². The van der Waals surface area contributed by atoms with Crippen molar-refractivity contribution in [2.45, 2.75) is 6.92 Å². The van der Waals surface area contributed by atoms with Crippen LogP contribution in [-0.4, -0.2) is 10.1 Å². The zero-order chi connectivity index (χ0) is 9.42. The first-order chi connectivity index (χ1) is 6.16. The van der Waals surface area contributed by atoms with Crippen LogP contribution < -0.4 is 0 Å². The van der Waals surface area contributed by atoms with E-state index in [4.69, 9.17) is 11.6 Å². The number of benzene rings is 1. The average molecular weight is 194 g/mol. The van der Waals surface area contributed by atoms with Gasteiger partial charge in [0.25, 0.3) is 0 Å². The van der Waals surface area contributed by atoms with Crippen LogP contribution in [0, 0.1) is 6.92 Å². The van der Waals surface area contributed by atoms with Crippen molar-refractivity contribution in [1.29, 1.82) is 0 Å². The van der Waals surface area contributed by atoms with E-state index in [2.05, 4.69) is 4.98 Å². The summed E-state index contributed by atoms with van der Waals surface area (Å²) < 4.78 is 0. The lowest BCUT2D eigenvalue weighted by Crippen LogP contribution is -1.81. The predicted molar refractivity (Wildman–Crippen MR) is 53.2 cm³/mol. The molecule has 0 aliphatic carbocycles. The second-order valence-electron chi connectivity index (χ2n) is 2.99. The third-order valence-electron chi connectivity index (χ3n) is 1.91. The zero-order valence-electron chi connectivity index (χ0n) is 7.08. The van der Waals surface area contributed by atoms with Gasteiger partial charge in [-0.1, -0.05) is 23.2 Å². The summed E-state index contributed by atoms with van der Waals surface area (Å²) in [4.78, 5) is 4.03. The summed E-state index contributed by atoms with van der Waals surface area (Å²) in [6, 6.07) is 7.43. The zero-order valence-corrected chi connectivity index (χ0v) is 7.84. The Kier molecular flexibility index (Phi) is 1.85. The molecule has 3 heteroatoms. The highest BCUT2D eigenvalue weighted by molar-refractivity contribution is 6.31. The van der Waals surface area contributed by atoms with Crippen LogP contribution in [0.2, 0.25) is 5.15 Å². The molecule has 0 radical (unpaired) electrons. The number of aromatic hydroxyl groups is 1. The number of hydrogen-bond acceptors (Lipinski definition) is 2. The predicted octanol–water partition coefficient (Wildman–Crippen LogP) is 2.90. The van der Waals surface area contributed by atoms with E-state index < -0.39 is 0 Å². The quantitative estimate of drug-likeness (QED) is 0.653. The number of rotatable bonds is 0. The van der Waals surface area contributed by atoms with Gasteiger partial charge in [0, 0.05) is 5.39 Å². The molecule has 2 nitrogen and oxygen atoms in total. The first-order valence-electron chi connectivity index (χ1n) is 3.93. The minimum atomic E-state index is 0.0276. The van der Waals surface area contributed by atoms with E-state index in [0.717, 1.165) is 16.5 Å². The highest BCUT2D eigenvalue weighted by Crippen LogP contribution is 2.25. The van der Waals surface area contributed by atoms with E-state index in [1.54, 1.807) is 6.07 Å². The number of hydrogen-bond donors (Lipinski definition) is 1. The Labute approximate surface area is 80.8 Å². The second-order valence-corrected chi connectivity index (χ2v) is 3.35. The normalized spacial score (nSPS) is 10.6. The molecule has 0 aliphatic rings. The molecule has 0 atom stereocenters. The summed E-state index contributed by atoms with van der Waals surface area (Å²) >= 11 is 5.67. The van der Waals surface area contributed by atoms with Crippen molar-refractivity contribution in [3.05, 3.63) is 35.0 Å². The molecule has 1 aromatic carbocycles. The number of nitrogens with zero attached hydrogens (tertiary/aromatic N) is 1. The SMILES string of the molecule is Cc1ccc2nc(Cl)c(O)cc2c1. The van der Waals surface area contributed by atoms with Gasteiger partial charge in [0.1, 0.15) is 0 Å². The lowest BCUT2D eigenvalue weighted by molar-refractivity contribution is 0.474. The molecule has 2 aromatic rings. The monoisotopic (exact) mass is 193 g/mol. The van der Waals surface area contributed by atoms with Crippen molar-refractivity contribution in [1.82, 2.24) is 4.98 Å². The third-order valence-corrected chi connectivity index (χ3v) is 2.18. The lowest BCUT2D eigenvalue weighted by atomic mass is 10.1. The van der Waals surface area contributed by atoms with Crippen molar-refractivity contribution in [2.75, 3.05) is 0 Å². The molecular weight excluding hydrogens is 186 g/mol. The van der Waals surface area contributed by atoms with Gasteiger partial charge >= 0.3 is 0 Å². The number of fused-ring (bicyclic) bond motifs is 1. The molecule has 66 valence electrons. The average Bonchev–Trinajstić information content (AvgIpc) is 2.08. The Hall–Kier alpha value is -1.28. The maximum absolute atomic E-state index is 9.31. The Morgan fingerprint density at radius 1 is 1.31 bits per heavy atom. The fraction of sp³-hybridized carbons (Fsp3) is 0.100. The molecule has 0 fully saturated rings. The van der Waals surface area contributed by atoms with Gasteiger partial charge < -0.3 is 5.11 Å². The van der Waals surface area contributed by atoms with Crippen molar-refractivity contribution in [3.8, 4) is 5.75 Å². The molecule has 2 rings (SSSR count). The van der Waals surface area contributed by atoms with Crippen LogP contribution in [0.15, 0.2) is 24.3 Å². The smallest absolute Gasteiger partial charge is 0.171 e. The maximum atomic E-state index is 9.31. The topological polar surface area (TPSA) is 33.1 Å². The van der Waals surface area contributed by atoms with Gasteiger partial charge in [-0.2, -0.15) is 0 Å². The van der Waals surface area contributed by atoms with E-state index in [1.165, 1.54) is 0 Å². The van der Waals surface area contributed by atoms with Crippen LogP contribution >= 0.6 is 11.6 Å². The van der Waals surface area contributed by atoms with Gasteiger partial charge in [-0.15, -0.1) is 0 Å². The van der Waals surface area contributed by atoms with Crippen LogP contribution in [0.4, 0.5) is 0 Å². The lowest BCUT2D eigenvalue weighted by Gasteiger charge is -2.01. The molecule has 0 saturated carbocycles. The Bertz CT molecular complexity index is 468. The van der Waals surface area contributed by atoms with Crippen LogP contribution in [0.25, 0.3) is 10.9 Å². The van der Waals surface area contributed by atoms with Crippen molar-refractivity contribution < 1.29 is 5.11 Å². The van der Waals surface area contributed by atoms with E-state index in [1.807, 2.05) is 25.1 Å². The Balaban J connectivity index is 2.81. The molecular formula is C10H8ClNO. The van der Waals surface area contributed by atoms with Crippen LogP contribution in [0.5, 0.6) is 5.75 Å². The third kappa shape index (κ3) is 1.45. The summed E-state index contributed by atoms with van der Waals surface area (Å²) in [6.07, 6.45) is 0. The highest BCUT2D eigenvalue weighted by atomic mass is 35.5. The standard InChI is InChI=1S/C10H8ClNO/c1-6-2-3-8-7(4-6)5-9(13)10(11)12-8/h2-5,13H,1H3. The van der Waals surface area contributed by atoms with E-state index >= 15 is 0 Å². The Morgan fingerprint density at radius 2 is 2.08 bits per heavy atom. The first kappa shape index (κ1) is 8.32. The number of aromatic nitrogens is 1. The first-order valence-corrected chi connectivity index (χ1v) is 4.30. The second kappa shape index (κ2) is 2.89. The summed E-state index contributed by atoms with van der Waals surface area (Å²) in [5.41, 5.74) is 1.93. The van der Waals surface area contributed by atoms with Crippen LogP contribution in [-0.2, 0) is 0 Å². The summed E-state index contributed by atoms with van der Waals surface area (Å²) in [7, 11) is 0. The molecule has 1 N–H and O–H groups in total. The highest BCUT2D eigenvalue weighted by Gasteiger charge is 2.02. The van der Waals surface area contributed by atoms with Gasteiger partial charge in [0.15, 0.2) is 10.9 Å². The summed E-state index contributed by atoms with van der Waals surface area (Å²) in [6.45, 7) is 1.99. The largest absolute Gasteiger partial charge is 0.505 e. The number of halogens is 1. The molecule has 13 heavy (non-hydrogen) atoms. The van der Waals surface area contributed by atoms with Crippen LogP contribution in [0.3, 0.4) is 0 Å². The van der Waals surface area contributed by atoms with E-state index in [0.29, 0.717) is 0 Å². The van der Waals surface area contributed by atoms with Gasteiger partial charge in [0.05, 0.1) is 5.52 Å². The minimum absolute atomic E-state index is 0.0276. The molecule has 0 amide bonds. The number of pyridine rings is 1. The summed E-state index contributed by atoms with van der Waals surface area (Å²) in [5, 5.41) is 10.4. The van der Waals surface area contributed by atoms with Crippen LogP contribution in [0.1, 0.15) is 5.56 Å². The fourth-order valence-corrected chi connectivity index (χ4v) is 1.41. The van der Waals surface area contributed by atoms with E-state index in [-0.39, 0.29) is 10.9 Å². The summed E-state index contributed by atoms with van der Waals surface area (Å²) in [5.74, 6) is 0.0276. The Morgan fingerprint density at radius 3 is 2.85 bits per heavy atom. The molecule has 1 heterocycles. The van der Waals surface area contributed by atoms with Crippen molar-refractivity contribution in [3.63, 3.8) is 0 Å². The molecule has 0 spiro atoms. The molecule has 0 unspecified atom stereocenters. The minimum Gasteiger partial charge on any atom is -0.505 e. The molecule has 0 aliphatic heterocycles. The number of aryl methyl sites for hydroxylation is 1. The van der Waals surface area contributed by atoms with Gasteiger partial charge in [0.2, 0.25) is 0 Å². The molecule has 0 saturated heterocycles. The molecule has 0 bridgehead atoms.